The van der Waals surface area contributed by atoms with Gasteiger partial charge in [0.25, 0.3) is 5.91 Å². The quantitative estimate of drug-likeness (QED) is 0.160. The number of aromatic amines is 1. The highest BCUT2D eigenvalue weighted by molar-refractivity contribution is 7.20. The number of methoxy groups -OCH3 is 1. The molecule has 2 aliphatic heterocycles. The van der Waals surface area contributed by atoms with Crippen LogP contribution >= 0.6 is 11.3 Å². The number of Topliss-reactive ketones (excluding diaryl/α,β-unsaturated/α-hetero) is 1. The first kappa shape index (κ1) is 35.3. The van der Waals surface area contributed by atoms with Crippen LogP contribution in [0.2, 0.25) is 0 Å². The molecule has 0 spiro atoms. The summed E-state index contributed by atoms with van der Waals surface area (Å²) >= 11 is 1.27. The number of hydrogen-bond donors (Lipinski definition) is 4. The summed E-state index contributed by atoms with van der Waals surface area (Å²) in [5.41, 5.74) is 1.59. The van der Waals surface area contributed by atoms with Crippen LogP contribution in [0.15, 0.2) is 48.5 Å². The van der Waals surface area contributed by atoms with Gasteiger partial charge in [0.15, 0.2) is 5.01 Å². The molecule has 0 unspecified atom stereocenters. The minimum absolute atomic E-state index is 0.0815. The number of aromatic nitrogens is 2. The van der Waals surface area contributed by atoms with Crippen molar-refractivity contribution in [2.45, 2.75) is 76.9 Å². The number of thiazole rings is 1. The third-order valence-corrected chi connectivity index (χ3v) is 13.4. The summed E-state index contributed by atoms with van der Waals surface area (Å²) in [6.45, 7) is 5.13. The van der Waals surface area contributed by atoms with E-state index in [2.05, 4.69) is 39.8 Å². The van der Waals surface area contributed by atoms with Crippen molar-refractivity contribution in [2.75, 3.05) is 20.2 Å². The summed E-state index contributed by atoms with van der Waals surface area (Å²) in [5.74, 6) is -1.44. The van der Waals surface area contributed by atoms with Crippen LogP contribution in [-0.2, 0) is 14.4 Å². The molecule has 4 fully saturated rings. The van der Waals surface area contributed by atoms with Crippen LogP contribution in [0.25, 0.3) is 21.1 Å². The summed E-state index contributed by atoms with van der Waals surface area (Å²) in [6.07, 6.45) is 5.28. The predicted octanol–water partition coefficient (Wildman–Crippen LogP) is 4.84. The number of carbonyl (C=O) groups excluding carboxylic acids is 5. The van der Waals surface area contributed by atoms with E-state index in [-0.39, 0.29) is 52.2 Å². The number of hydrogen-bond acceptors (Lipinski definition) is 8. The van der Waals surface area contributed by atoms with Crippen molar-refractivity contribution in [3.63, 3.8) is 0 Å². The molecular formula is C40H46N6O6S. The monoisotopic (exact) mass is 738 g/mol. The van der Waals surface area contributed by atoms with Crippen molar-refractivity contribution in [3.8, 4) is 5.75 Å². The zero-order valence-electron chi connectivity index (χ0n) is 30.3. The van der Waals surface area contributed by atoms with Gasteiger partial charge < -0.3 is 30.6 Å². The Morgan fingerprint density at radius 3 is 2.57 bits per heavy atom. The van der Waals surface area contributed by atoms with Crippen molar-refractivity contribution >= 4 is 61.9 Å². The average molecular weight is 739 g/mol. The maximum Gasteiger partial charge on any atom is 0.268 e. The summed E-state index contributed by atoms with van der Waals surface area (Å²) in [4.78, 5) is 79.5. The van der Waals surface area contributed by atoms with Crippen LogP contribution in [0, 0.1) is 29.1 Å². The number of piperidine rings is 1. The van der Waals surface area contributed by atoms with E-state index in [9.17, 15) is 24.0 Å². The number of H-pyrrole nitrogens is 1. The van der Waals surface area contributed by atoms with Gasteiger partial charge in [-0.3, -0.25) is 24.0 Å². The van der Waals surface area contributed by atoms with Gasteiger partial charge in [-0.1, -0.05) is 51.3 Å². The molecule has 12 nitrogen and oxygen atoms in total. The Balaban J connectivity index is 1.07. The molecule has 4 aliphatic rings. The molecule has 0 bridgehead atoms. The molecule has 2 saturated carbocycles. The molecule has 278 valence electrons. The Hall–Kier alpha value is -4.78. The van der Waals surface area contributed by atoms with E-state index >= 15 is 0 Å². The lowest BCUT2D eigenvalue weighted by atomic mass is 9.83. The molecule has 13 heteroatoms. The maximum absolute atomic E-state index is 14.8. The number of nitrogens with one attached hydrogen (secondary N) is 4. The number of rotatable bonds is 11. The van der Waals surface area contributed by atoms with Crippen LogP contribution in [0.4, 0.5) is 0 Å². The number of amides is 4. The lowest BCUT2D eigenvalue weighted by Gasteiger charge is -2.37. The fraction of sp³-hybridized carbons (Fsp3) is 0.500. The van der Waals surface area contributed by atoms with E-state index in [4.69, 9.17) is 4.74 Å². The van der Waals surface area contributed by atoms with Gasteiger partial charge in [0, 0.05) is 29.9 Å². The van der Waals surface area contributed by atoms with Gasteiger partial charge in [-0.15, -0.1) is 11.3 Å². The van der Waals surface area contributed by atoms with Gasteiger partial charge >= 0.3 is 0 Å². The fourth-order valence-corrected chi connectivity index (χ4v) is 10.2. The van der Waals surface area contributed by atoms with Gasteiger partial charge in [-0.05, 0) is 79.2 Å². The van der Waals surface area contributed by atoms with Gasteiger partial charge in [0.1, 0.15) is 23.5 Å². The molecule has 2 aromatic carbocycles. The number of likely N-dealkylation sites (tertiary alicyclic amines) is 1. The second-order valence-corrected chi connectivity index (χ2v) is 16.8. The Bertz CT molecular complexity index is 2070. The van der Waals surface area contributed by atoms with E-state index in [1.807, 2.05) is 42.5 Å². The number of ether oxygens (including phenoxy) is 1. The van der Waals surface area contributed by atoms with Crippen LogP contribution in [0.3, 0.4) is 0 Å². The topological polar surface area (TPSA) is 163 Å². The minimum atomic E-state index is -0.998. The van der Waals surface area contributed by atoms with Gasteiger partial charge in [-0.25, -0.2) is 4.98 Å². The number of ketones is 1. The van der Waals surface area contributed by atoms with Crippen molar-refractivity contribution < 1.29 is 28.7 Å². The zero-order valence-corrected chi connectivity index (χ0v) is 31.1. The fourth-order valence-electron chi connectivity index (χ4n) is 9.26. The van der Waals surface area contributed by atoms with Crippen molar-refractivity contribution in [1.29, 1.82) is 0 Å². The van der Waals surface area contributed by atoms with Crippen LogP contribution in [0.5, 0.6) is 5.75 Å². The highest BCUT2D eigenvalue weighted by atomic mass is 32.1. The number of benzene rings is 2. The summed E-state index contributed by atoms with van der Waals surface area (Å²) in [7, 11) is 1.58. The first-order valence-electron chi connectivity index (χ1n) is 18.8. The van der Waals surface area contributed by atoms with Gasteiger partial charge in [0.2, 0.25) is 23.5 Å². The lowest BCUT2D eigenvalue weighted by Crippen LogP contribution is -2.59. The molecule has 4 aromatic rings. The third-order valence-electron chi connectivity index (χ3n) is 12.3. The molecule has 4 heterocycles. The Morgan fingerprint density at radius 2 is 1.83 bits per heavy atom. The molecule has 4 amide bonds. The second-order valence-electron chi connectivity index (χ2n) is 15.8. The summed E-state index contributed by atoms with van der Waals surface area (Å²) in [6, 6.07) is 12.1. The lowest BCUT2D eigenvalue weighted by molar-refractivity contribution is -0.143. The normalized spacial score (nSPS) is 24.7. The van der Waals surface area contributed by atoms with Gasteiger partial charge in [-0.2, -0.15) is 0 Å². The van der Waals surface area contributed by atoms with Gasteiger partial charge in [0.05, 0.1) is 23.4 Å². The Kier molecular flexibility index (Phi) is 9.24. The van der Waals surface area contributed by atoms with E-state index in [1.165, 1.54) is 11.3 Å². The largest absolute Gasteiger partial charge is 0.496 e. The van der Waals surface area contributed by atoms with Crippen molar-refractivity contribution in [1.82, 2.24) is 30.8 Å². The van der Waals surface area contributed by atoms with Crippen LogP contribution < -0.4 is 20.7 Å². The standard InChI is InChI=1S/C40H46N6O6S/c1-40(2)24-20-46(39(51)32(21-10-5-4-6-11-21)45-36(49)28-19-23-25(42-28)13-9-14-29(23)52-3)33(31(24)40)37(50)43-27(18-22-16-17-41-35(22)48)34(47)38-44-26-12-7-8-15-30(26)53-38/h7-9,12-15,19,21-22,24,27,31-33,42H,4-6,10-11,16-18,20H2,1-3H3,(H,41,48)(H,43,50)(H,45,49)/t22-,24-,27-,31-,32-,33-/m0/s1. The third kappa shape index (κ3) is 6.46. The molecule has 0 radical (unpaired) electrons. The molecule has 2 saturated heterocycles. The second kappa shape index (κ2) is 13.9. The van der Waals surface area contributed by atoms with E-state index in [0.29, 0.717) is 36.5 Å². The number of carbonyl (C=O) groups is 5. The first-order chi connectivity index (χ1) is 25.5. The smallest absolute Gasteiger partial charge is 0.268 e. The molecule has 53 heavy (non-hydrogen) atoms. The molecule has 6 atom stereocenters. The number of para-hydroxylation sites is 1. The average Bonchev–Trinajstić information content (AvgIpc) is 3.83. The molecule has 8 rings (SSSR count). The van der Waals surface area contributed by atoms with E-state index in [0.717, 1.165) is 47.7 Å². The Labute approximate surface area is 311 Å². The minimum Gasteiger partial charge on any atom is -0.496 e. The maximum atomic E-state index is 14.8. The SMILES string of the molecule is COc1cccc2[nH]c(C(=O)N[C@H](C(=O)N3C[C@H]4[C@@H]([C@H]3C(=O)N[C@@H](C[C@@H]3CCNC3=O)C(=O)c3nc5ccccc5s3)C4(C)C)C3CCCCC3)cc12. The first-order valence-corrected chi connectivity index (χ1v) is 19.6. The van der Waals surface area contributed by atoms with Crippen LogP contribution in [0.1, 0.15) is 79.1 Å². The molecule has 2 aromatic heterocycles. The van der Waals surface area contributed by atoms with Crippen LogP contribution in [-0.4, -0.2) is 82.6 Å². The van der Waals surface area contributed by atoms with E-state index < -0.39 is 35.9 Å². The number of fused-ring (bicyclic) bond motifs is 3. The Morgan fingerprint density at radius 1 is 1.04 bits per heavy atom. The zero-order chi connectivity index (χ0) is 37.0. The summed E-state index contributed by atoms with van der Waals surface area (Å²) < 4.78 is 6.36. The van der Waals surface area contributed by atoms with E-state index in [1.54, 1.807) is 18.1 Å². The van der Waals surface area contributed by atoms with Crippen molar-refractivity contribution in [3.05, 3.63) is 59.2 Å². The predicted molar refractivity (Wildman–Crippen MR) is 201 cm³/mol. The molecular weight excluding hydrogens is 693 g/mol. The molecule has 4 N–H and O–H groups in total. The molecule has 2 aliphatic carbocycles. The summed E-state index contributed by atoms with van der Waals surface area (Å²) in [5, 5.41) is 10.0. The number of nitrogens with zero attached hydrogens (tertiary/aromatic N) is 2. The van der Waals surface area contributed by atoms with Crippen molar-refractivity contribution in [2.24, 2.45) is 29.1 Å². The highest BCUT2D eigenvalue weighted by Crippen LogP contribution is 2.65. The highest BCUT2D eigenvalue weighted by Gasteiger charge is 2.69.